The average molecular weight is 245 g/mol. The molecule has 0 radical (unpaired) electrons. The third-order valence-corrected chi connectivity index (χ3v) is 3.78. The maximum absolute atomic E-state index is 6.06. The van der Waals surface area contributed by atoms with Gasteiger partial charge in [-0.15, -0.1) is 0 Å². The van der Waals surface area contributed by atoms with Gasteiger partial charge in [0, 0.05) is 5.39 Å². The van der Waals surface area contributed by atoms with Gasteiger partial charge in [0.2, 0.25) is 0 Å². The molecule has 0 bridgehead atoms. The van der Waals surface area contributed by atoms with Crippen LogP contribution in [0, 0.1) is 5.92 Å². The summed E-state index contributed by atoms with van der Waals surface area (Å²) in [7, 11) is 0. The van der Waals surface area contributed by atoms with Crippen molar-refractivity contribution in [1.29, 1.82) is 0 Å². The van der Waals surface area contributed by atoms with Crippen LogP contribution in [0.25, 0.3) is 10.9 Å². The molecular weight excluding hydrogens is 226 g/mol. The summed E-state index contributed by atoms with van der Waals surface area (Å²) in [6, 6.07) is 6.08. The summed E-state index contributed by atoms with van der Waals surface area (Å²) in [6.07, 6.45) is 4.51. The molecule has 0 aliphatic carbocycles. The normalized spacial score (nSPS) is 18.9. The molecule has 4 nitrogen and oxygen atoms in total. The van der Waals surface area contributed by atoms with Crippen molar-refractivity contribution in [3.63, 3.8) is 0 Å². The molecule has 1 fully saturated rings. The summed E-state index contributed by atoms with van der Waals surface area (Å²) in [5.41, 5.74) is 1.05. The van der Waals surface area contributed by atoms with Gasteiger partial charge in [-0.2, -0.15) is 5.10 Å². The maximum Gasteiger partial charge on any atom is 0.120 e. The van der Waals surface area contributed by atoms with Crippen LogP contribution in [0.4, 0.5) is 0 Å². The van der Waals surface area contributed by atoms with Crippen molar-refractivity contribution in [2.75, 3.05) is 13.1 Å². The van der Waals surface area contributed by atoms with E-state index in [2.05, 4.69) is 28.5 Å². The Morgan fingerprint density at radius 3 is 3.00 bits per heavy atom. The van der Waals surface area contributed by atoms with E-state index in [0.29, 0.717) is 5.92 Å². The van der Waals surface area contributed by atoms with Gasteiger partial charge in [0.25, 0.3) is 0 Å². The van der Waals surface area contributed by atoms with Crippen LogP contribution in [-0.4, -0.2) is 29.4 Å². The molecule has 18 heavy (non-hydrogen) atoms. The van der Waals surface area contributed by atoms with E-state index in [0.717, 1.165) is 29.7 Å². The predicted molar refractivity (Wildman–Crippen MR) is 71.8 cm³/mol. The molecule has 2 aromatic rings. The lowest BCUT2D eigenvalue weighted by Gasteiger charge is -2.28. The van der Waals surface area contributed by atoms with Gasteiger partial charge in [0.1, 0.15) is 5.75 Å². The van der Waals surface area contributed by atoms with Gasteiger partial charge in [-0.3, -0.25) is 5.10 Å². The van der Waals surface area contributed by atoms with Crippen LogP contribution >= 0.6 is 0 Å². The van der Waals surface area contributed by atoms with E-state index >= 15 is 0 Å². The highest BCUT2D eigenvalue weighted by molar-refractivity contribution is 5.79. The Kier molecular flexibility index (Phi) is 3.19. The fourth-order valence-electron chi connectivity index (χ4n) is 2.62. The number of rotatable bonds is 3. The van der Waals surface area contributed by atoms with Gasteiger partial charge in [-0.05, 0) is 57.0 Å². The maximum atomic E-state index is 6.06. The molecule has 1 saturated heterocycles. The minimum absolute atomic E-state index is 0.274. The second-order valence-electron chi connectivity index (χ2n) is 5.03. The monoisotopic (exact) mass is 245 g/mol. The molecule has 1 aromatic carbocycles. The fraction of sp³-hybridized carbons (Fsp3) is 0.500. The minimum atomic E-state index is 0.274. The van der Waals surface area contributed by atoms with E-state index in [1.165, 1.54) is 12.8 Å². The topological polar surface area (TPSA) is 49.9 Å². The van der Waals surface area contributed by atoms with Gasteiger partial charge in [-0.1, -0.05) is 0 Å². The zero-order chi connectivity index (χ0) is 12.4. The lowest BCUT2D eigenvalue weighted by atomic mass is 9.93. The molecule has 1 unspecified atom stereocenters. The highest BCUT2D eigenvalue weighted by atomic mass is 16.5. The van der Waals surface area contributed by atoms with Crippen LogP contribution < -0.4 is 10.1 Å². The lowest BCUT2D eigenvalue weighted by Crippen LogP contribution is -2.35. The first-order chi connectivity index (χ1) is 8.83. The molecule has 3 rings (SSSR count). The van der Waals surface area contributed by atoms with Crippen molar-refractivity contribution in [2.45, 2.75) is 25.9 Å². The molecule has 4 heteroatoms. The van der Waals surface area contributed by atoms with Crippen molar-refractivity contribution in [2.24, 2.45) is 5.92 Å². The molecule has 0 spiro atoms. The van der Waals surface area contributed by atoms with Crippen molar-refractivity contribution < 1.29 is 4.74 Å². The number of aromatic amines is 1. The van der Waals surface area contributed by atoms with E-state index in [1.807, 2.05) is 18.3 Å². The molecule has 1 atom stereocenters. The largest absolute Gasteiger partial charge is 0.490 e. The molecule has 2 N–H and O–H groups in total. The third-order valence-electron chi connectivity index (χ3n) is 3.78. The molecular formula is C14H19N3O. The molecule has 0 amide bonds. The number of nitrogens with zero attached hydrogens (tertiary/aromatic N) is 1. The van der Waals surface area contributed by atoms with E-state index in [9.17, 15) is 0 Å². The Morgan fingerprint density at radius 1 is 1.33 bits per heavy atom. The number of benzene rings is 1. The predicted octanol–water partition coefficient (Wildman–Crippen LogP) is 2.33. The molecule has 96 valence electrons. The van der Waals surface area contributed by atoms with E-state index < -0.39 is 0 Å². The number of hydrogen-bond donors (Lipinski definition) is 2. The van der Waals surface area contributed by atoms with Gasteiger partial charge in [0.05, 0.1) is 17.8 Å². The SMILES string of the molecule is CC(Oc1ccc2[nH]ncc2c1)C1CCNCC1. The van der Waals surface area contributed by atoms with Crippen LogP contribution in [0.1, 0.15) is 19.8 Å². The van der Waals surface area contributed by atoms with Crippen LogP contribution in [-0.2, 0) is 0 Å². The third kappa shape index (κ3) is 2.34. The average Bonchev–Trinajstić information content (AvgIpc) is 2.87. The van der Waals surface area contributed by atoms with E-state index in [1.54, 1.807) is 0 Å². The number of piperidine rings is 1. The Morgan fingerprint density at radius 2 is 2.17 bits per heavy atom. The van der Waals surface area contributed by atoms with Gasteiger partial charge >= 0.3 is 0 Å². The number of hydrogen-bond acceptors (Lipinski definition) is 3. The van der Waals surface area contributed by atoms with Crippen molar-refractivity contribution >= 4 is 10.9 Å². The molecule has 1 aromatic heterocycles. The Labute approximate surface area is 107 Å². The second-order valence-corrected chi connectivity index (χ2v) is 5.03. The Balaban J connectivity index is 1.70. The number of nitrogens with one attached hydrogen (secondary N) is 2. The summed E-state index contributed by atoms with van der Waals surface area (Å²) in [6.45, 7) is 4.40. The van der Waals surface area contributed by atoms with E-state index in [4.69, 9.17) is 4.74 Å². The number of aromatic nitrogens is 2. The molecule has 1 aliphatic heterocycles. The summed E-state index contributed by atoms with van der Waals surface area (Å²) >= 11 is 0. The van der Waals surface area contributed by atoms with Crippen LogP contribution in [0.15, 0.2) is 24.4 Å². The molecule has 2 heterocycles. The first kappa shape index (κ1) is 11.5. The summed E-state index contributed by atoms with van der Waals surface area (Å²) < 4.78 is 6.06. The number of ether oxygens (including phenoxy) is 1. The molecule has 0 saturated carbocycles. The van der Waals surface area contributed by atoms with Gasteiger partial charge < -0.3 is 10.1 Å². The number of H-pyrrole nitrogens is 1. The van der Waals surface area contributed by atoms with E-state index in [-0.39, 0.29) is 6.10 Å². The highest BCUT2D eigenvalue weighted by Gasteiger charge is 2.21. The summed E-state index contributed by atoms with van der Waals surface area (Å²) in [5, 5.41) is 11.5. The fourth-order valence-corrected chi connectivity index (χ4v) is 2.62. The zero-order valence-corrected chi connectivity index (χ0v) is 10.6. The smallest absolute Gasteiger partial charge is 0.120 e. The van der Waals surface area contributed by atoms with Crippen LogP contribution in [0.5, 0.6) is 5.75 Å². The first-order valence-electron chi connectivity index (χ1n) is 6.63. The van der Waals surface area contributed by atoms with Gasteiger partial charge in [0.15, 0.2) is 0 Å². The standard InChI is InChI=1S/C14H19N3O/c1-10(11-4-6-15-7-5-11)18-13-2-3-14-12(8-13)9-16-17-14/h2-3,8-11,15H,4-7H2,1H3,(H,16,17). The lowest BCUT2D eigenvalue weighted by molar-refractivity contribution is 0.128. The minimum Gasteiger partial charge on any atom is -0.490 e. The van der Waals surface area contributed by atoms with Crippen LogP contribution in [0.2, 0.25) is 0 Å². The highest BCUT2D eigenvalue weighted by Crippen LogP contribution is 2.24. The summed E-state index contributed by atoms with van der Waals surface area (Å²) in [4.78, 5) is 0. The summed E-state index contributed by atoms with van der Waals surface area (Å²) in [5.74, 6) is 1.60. The van der Waals surface area contributed by atoms with Crippen LogP contribution in [0.3, 0.4) is 0 Å². The number of fused-ring (bicyclic) bond motifs is 1. The second kappa shape index (κ2) is 4.98. The Hall–Kier alpha value is -1.55. The van der Waals surface area contributed by atoms with Crippen molar-refractivity contribution in [3.8, 4) is 5.75 Å². The first-order valence-corrected chi connectivity index (χ1v) is 6.63. The van der Waals surface area contributed by atoms with Gasteiger partial charge in [-0.25, -0.2) is 0 Å². The van der Waals surface area contributed by atoms with Crippen molar-refractivity contribution in [1.82, 2.24) is 15.5 Å². The van der Waals surface area contributed by atoms with Crippen molar-refractivity contribution in [3.05, 3.63) is 24.4 Å². The Bertz CT molecular complexity index is 516. The molecule has 1 aliphatic rings. The zero-order valence-electron chi connectivity index (χ0n) is 10.6. The quantitative estimate of drug-likeness (QED) is 0.872.